The second-order valence-electron chi connectivity index (χ2n) is 5.79. The summed E-state index contributed by atoms with van der Waals surface area (Å²) in [5.74, 6) is -0.280. The Bertz CT molecular complexity index is 856. The van der Waals surface area contributed by atoms with Crippen LogP contribution in [0.1, 0.15) is 15.9 Å². The minimum atomic E-state index is -0.668. The molecule has 1 amide bonds. The van der Waals surface area contributed by atoms with Crippen molar-refractivity contribution in [1.29, 1.82) is 0 Å². The highest BCUT2D eigenvalue weighted by atomic mass is 35.5. The number of carbonyl (C=O) groups excluding carboxylic acids is 2. The molecule has 3 rings (SSSR count). The molecule has 27 heavy (non-hydrogen) atoms. The number of rotatable bonds is 6. The maximum Gasteiger partial charge on any atom is 0.338 e. The molecule has 0 bridgehead atoms. The van der Waals surface area contributed by atoms with E-state index in [9.17, 15) is 9.59 Å². The summed E-state index contributed by atoms with van der Waals surface area (Å²) < 4.78 is 15.8. The molecule has 0 unspecified atom stereocenters. The first-order chi connectivity index (χ1) is 13.0. The second kappa shape index (κ2) is 8.97. The molecule has 8 heteroatoms. The number of halogens is 2. The first-order valence-electron chi connectivity index (χ1n) is 8.30. The third-order valence-corrected chi connectivity index (χ3v) is 4.31. The van der Waals surface area contributed by atoms with Crippen LogP contribution in [0.5, 0.6) is 11.5 Å². The monoisotopic (exact) mass is 409 g/mol. The Kier molecular flexibility index (Phi) is 6.42. The molecule has 1 N–H and O–H groups in total. The SMILES string of the molecule is O=C(COC(=O)c1cc(Cl)c2c(c1)OCCO2)NCCc1cccc(Cl)c1. The van der Waals surface area contributed by atoms with Crippen molar-refractivity contribution in [3.63, 3.8) is 0 Å². The van der Waals surface area contributed by atoms with E-state index in [1.807, 2.05) is 18.2 Å². The maximum atomic E-state index is 12.1. The molecule has 0 atom stereocenters. The van der Waals surface area contributed by atoms with E-state index in [0.717, 1.165) is 5.56 Å². The molecule has 1 heterocycles. The van der Waals surface area contributed by atoms with Crippen molar-refractivity contribution in [2.24, 2.45) is 0 Å². The van der Waals surface area contributed by atoms with Gasteiger partial charge in [0.15, 0.2) is 18.1 Å². The highest BCUT2D eigenvalue weighted by Crippen LogP contribution is 2.38. The van der Waals surface area contributed by atoms with Crippen molar-refractivity contribution in [3.05, 3.63) is 57.6 Å². The van der Waals surface area contributed by atoms with Gasteiger partial charge in [0.2, 0.25) is 0 Å². The van der Waals surface area contributed by atoms with Gasteiger partial charge in [-0.15, -0.1) is 0 Å². The molecule has 0 radical (unpaired) electrons. The smallest absolute Gasteiger partial charge is 0.338 e. The Morgan fingerprint density at radius 2 is 1.93 bits per heavy atom. The number of hydrogen-bond donors (Lipinski definition) is 1. The zero-order chi connectivity index (χ0) is 19.2. The summed E-state index contributed by atoms with van der Waals surface area (Å²) in [4.78, 5) is 24.0. The Morgan fingerprint density at radius 3 is 2.74 bits per heavy atom. The topological polar surface area (TPSA) is 73.9 Å². The fourth-order valence-corrected chi connectivity index (χ4v) is 3.01. The van der Waals surface area contributed by atoms with Crippen LogP contribution in [0, 0.1) is 0 Å². The number of hydrogen-bond acceptors (Lipinski definition) is 5. The lowest BCUT2D eigenvalue weighted by Gasteiger charge is -2.19. The molecule has 0 saturated carbocycles. The lowest BCUT2D eigenvalue weighted by molar-refractivity contribution is -0.124. The van der Waals surface area contributed by atoms with Crippen LogP contribution in [0.2, 0.25) is 10.0 Å². The van der Waals surface area contributed by atoms with Crippen molar-refractivity contribution in [3.8, 4) is 11.5 Å². The highest BCUT2D eigenvalue weighted by Gasteiger charge is 2.20. The predicted octanol–water partition coefficient (Wildman–Crippen LogP) is 3.28. The van der Waals surface area contributed by atoms with Gasteiger partial charge in [-0.05, 0) is 36.2 Å². The Labute approximate surface area is 166 Å². The molecule has 0 spiro atoms. The van der Waals surface area contributed by atoms with Crippen molar-refractivity contribution in [2.75, 3.05) is 26.4 Å². The number of esters is 1. The van der Waals surface area contributed by atoms with Crippen LogP contribution in [-0.4, -0.2) is 38.2 Å². The third kappa shape index (κ3) is 5.28. The van der Waals surface area contributed by atoms with Crippen LogP contribution < -0.4 is 14.8 Å². The second-order valence-corrected chi connectivity index (χ2v) is 6.63. The normalized spacial score (nSPS) is 12.4. The van der Waals surface area contributed by atoms with Crippen LogP contribution in [0.3, 0.4) is 0 Å². The van der Waals surface area contributed by atoms with E-state index in [4.69, 9.17) is 37.4 Å². The molecular formula is C19H17Cl2NO5. The molecule has 6 nitrogen and oxygen atoms in total. The van der Waals surface area contributed by atoms with Crippen molar-refractivity contribution < 1.29 is 23.8 Å². The molecule has 0 aromatic heterocycles. The lowest BCUT2D eigenvalue weighted by Crippen LogP contribution is -2.30. The van der Waals surface area contributed by atoms with Gasteiger partial charge in [0.05, 0.1) is 10.6 Å². The van der Waals surface area contributed by atoms with Crippen molar-refractivity contribution in [2.45, 2.75) is 6.42 Å². The number of ether oxygens (including phenoxy) is 3. The molecule has 2 aromatic rings. The van der Waals surface area contributed by atoms with Crippen LogP contribution >= 0.6 is 23.2 Å². The summed E-state index contributed by atoms with van der Waals surface area (Å²) in [5.41, 5.74) is 1.20. The first-order valence-corrected chi connectivity index (χ1v) is 9.06. The fraction of sp³-hybridized carbons (Fsp3) is 0.263. The molecule has 1 aliphatic rings. The molecule has 2 aromatic carbocycles. The van der Waals surface area contributed by atoms with E-state index in [1.165, 1.54) is 12.1 Å². The Morgan fingerprint density at radius 1 is 1.11 bits per heavy atom. The van der Waals surface area contributed by atoms with E-state index in [2.05, 4.69) is 5.32 Å². The van der Waals surface area contributed by atoms with E-state index < -0.39 is 11.9 Å². The van der Waals surface area contributed by atoms with Crippen LogP contribution in [0.4, 0.5) is 0 Å². The highest BCUT2D eigenvalue weighted by molar-refractivity contribution is 6.32. The van der Waals surface area contributed by atoms with Gasteiger partial charge in [-0.1, -0.05) is 35.3 Å². The number of carbonyl (C=O) groups is 2. The minimum absolute atomic E-state index is 0.191. The van der Waals surface area contributed by atoms with Crippen LogP contribution in [0.15, 0.2) is 36.4 Å². The Hall–Kier alpha value is -2.44. The summed E-state index contributed by atoms with van der Waals surface area (Å²) in [6.07, 6.45) is 0.623. The van der Waals surface area contributed by atoms with Gasteiger partial charge < -0.3 is 19.5 Å². The lowest BCUT2D eigenvalue weighted by atomic mass is 10.1. The van der Waals surface area contributed by atoms with E-state index in [0.29, 0.717) is 42.7 Å². The molecule has 0 fully saturated rings. The zero-order valence-corrected chi connectivity index (χ0v) is 15.8. The summed E-state index contributed by atoms with van der Waals surface area (Å²) in [6, 6.07) is 10.3. The molecule has 0 aliphatic carbocycles. The van der Waals surface area contributed by atoms with E-state index >= 15 is 0 Å². The zero-order valence-electron chi connectivity index (χ0n) is 14.3. The fourth-order valence-electron chi connectivity index (χ4n) is 2.53. The van der Waals surface area contributed by atoms with Gasteiger partial charge in [-0.3, -0.25) is 4.79 Å². The number of amides is 1. The number of fused-ring (bicyclic) bond motifs is 1. The van der Waals surface area contributed by atoms with Crippen LogP contribution in [0.25, 0.3) is 0 Å². The van der Waals surface area contributed by atoms with E-state index in [1.54, 1.807) is 6.07 Å². The van der Waals surface area contributed by atoms with Gasteiger partial charge >= 0.3 is 5.97 Å². The third-order valence-electron chi connectivity index (χ3n) is 3.79. The quantitative estimate of drug-likeness (QED) is 0.740. The van der Waals surface area contributed by atoms with Gasteiger partial charge in [0.25, 0.3) is 5.91 Å². The van der Waals surface area contributed by atoms with E-state index in [-0.39, 0.29) is 17.2 Å². The summed E-state index contributed by atoms with van der Waals surface area (Å²) in [5, 5.41) is 3.59. The van der Waals surface area contributed by atoms with Crippen molar-refractivity contribution in [1.82, 2.24) is 5.32 Å². The number of nitrogens with one attached hydrogen (secondary N) is 1. The molecule has 0 saturated heterocycles. The van der Waals surface area contributed by atoms with Gasteiger partial charge in [0.1, 0.15) is 13.2 Å². The predicted molar refractivity (Wildman–Crippen MR) is 101 cm³/mol. The average molecular weight is 410 g/mol. The maximum absolute atomic E-state index is 12.1. The standard InChI is InChI=1S/C19H17Cl2NO5/c20-14-3-1-2-12(8-14)4-5-22-17(23)11-27-19(24)13-9-15(21)18-16(10-13)25-6-7-26-18/h1-3,8-10H,4-7,11H2,(H,22,23). The number of benzene rings is 2. The van der Waals surface area contributed by atoms with Gasteiger partial charge in [0, 0.05) is 11.6 Å². The van der Waals surface area contributed by atoms with Crippen LogP contribution in [-0.2, 0) is 16.0 Å². The van der Waals surface area contributed by atoms with Gasteiger partial charge in [-0.25, -0.2) is 4.79 Å². The summed E-state index contributed by atoms with van der Waals surface area (Å²) in [6.45, 7) is 0.787. The average Bonchev–Trinajstić information content (AvgIpc) is 2.66. The summed E-state index contributed by atoms with van der Waals surface area (Å²) >= 11 is 12.0. The molecule has 142 valence electrons. The minimum Gasteiger partial charge on any atom is -0.486 e. The summed E-state index contributed by atoms with van der Waals surface area (Å²) in [7, 11) is 0. The van der Waals surface area contributed by atoms with Crippen molar-refractivity contribution >= 4 is 35.1 Å². The molecular weight excluding hydrogens is 393 g/mol. The molecule has 1 aliphatic heterocycles. The largest absolute Gasteiger partial charge is 0.486 e. The first kappa shape index (κ1) is 19.3. The van der Waals surface area contributed by atoms with Gasteiger partial charge in [-0.2, -0.15) is 0 Å². The Balaban J connectivity index is 1.47.